The van der Waals surface area contributed by atoms with Gasteiger partial charge in [0.2, 0.25) is 0 Å². The van der Waals surface area contributed by atoms with Crippen LogP contribution in [-0.4, -0.2) is 22.9 Å². The first-order valence-electron chi connectivity index (χ1n) is 6.54. The van der Waals surface area contributed by atoms with Gasteiger partial charge in [-0.2, -0.15) is 0 Å². The Hall–Kier alpha value is -2.36. The van der Waals surface area contributed by atoms with Gasteiger partial charge in [0.1, 0.15) is 5.69 Å². The van der Waals surface area contributed by atoms with Crippen LogP contribution < -0.4 is 0 Å². The monoisotopic (exact) mass is 271 g/mol. The molecule has 0 amide bonds. The van der Waals surface area contributed by atoms with Crippen molar-refractivity contribution in [2.45, 2.75) is 20.4 Å². The van der Waals surface area contributed by atoms with Crippen molar-refractivity contribution in [3.05, 3.63) is 59.4 Å². The maximum absolute atomic E-state index is 11.9. The third-order valence-corrected chi connectivity index (χ3v) is 2.98. The van der Waals surface area contributed by atoms with Crippen molar-refractivity contribution in [3.8, 4) is 0 Å². The summed E-state index contributed by atoms with van der Waals surface area (Å²) in [6.07, 6.45) is 1.70. The van der Waals surface area contributed by atoms with E-state index in [1.165, 1.54) is 6.92 Å². The Morgan fingerprint density at radius 3 is 2.50 bits per heavy atom. The molecule has 2 rings (SSSR count). The largest absolute Gasteiger partial charge is 0.461 e. The fraction of sp³-hybridized carbons (Fsp3) is 0.250. The Kier molecular flexibility index (Phi) is 4.35. The zero-order valence-electron chi connectivity index (χ0n) is 11.6. The van der Waals surface area contributed by atoms with Crippen LogP contribution in [0.1, 0.15) is 40.3 Å². The Labute approximate surface area is 118 Å². The number of hydrogen-bond acceptors (Lipinski definition) is 3. The van der Waals surface area contributed by atoms with E-state index in [1.807, 2.05) is 30.3 Å². The number of Topliss-reactive ketones (excluding diaryl/α,β-unsaturated/α-hetero) is 1. The zero-order chi connectivity index (χ0) is 14.5. The molecule has 0 unspecified atom stereocenters. The van der Waals surface area contributed by atoms with Crippen LogP contribution in [0, 0.1) is 0 Å². The molecule has 0 atom stereocenters. The first-order valence-corrected chi connectivity index (χ1v) is 6.54. The molecule has 0 spiro atoms. The first-order chi connectivity index (χ1) is 9.61. The molecular formula is C16H17NO3. The maximum atomic E-state index is 11.9. The van der Waals surface area contributed by atoms with E-state index in [9.17, 15) is 9.59 Å². The minimum absolute atomic E-state index is 0.0673. The maximum Gasteiger partial charge on any atom is 0.354 e. The molecule has 104 valence electrons. The quantitative estimate of drug-likeness (QED) is 0.620. The lowest BCUT2D eigenvalue weighted by Crippen LogP contribution is -2.12. The van der Waals surface area contributed by atoms with Crippen LogP contribution in [0.4, 0.5) is 0 Å². The highest BCUT2D eigenvalue weighted by Crippen LogP contribution is 2.14. The van der Waals surface area contributed by atoms with E-state index in [4.69, 9.17) is 4.74 Å². The van der Waals surface area contributed by atoms with Crippen molar-refractivity contribution < 1.29 is 14.3 Å². The molecular weight excluding hydrogens is 254 g/mol. The highest BCUT2D eigenvalue weighted by molar-refractivity contribution is 5.97. The normalized spacial score (nSPS) is 10.3. The topological polar surface area (TPSA) is 48.3 Å². The second-order valence-electron chi connectivity index (χ2n) is 4.50. The van der Waals surface area contributed by atoms with Crippen LogP contribution >= 0.6 is 0 Å². The molecule has 1 heterocycles. The van der Waals surface area contributed by atoms with Crippen molar-refractivity contribution in [1.82, 2.24) is 4.57 Å². The van der Waals surface area contributed by atoms with Gasteiger partial charge in [0, 0.05) is 18.3 Å². The number of ketones is 1. The Morgan fingerprint density at radius 2 is 1.90 bits per heavy atom. The highest BCUT2D eigenvalue weighted by Gasteiger charge is 2.16. The van der Waals surface area contributed by atoms with Crippen LogP contribution in [0.15, 0.2) is 42.6 Å². The number of carbonyl (C=O) groups excluding carboxylic acids is 2. The van der Waals surface area contributed by atoms with Gasteiger partial charge in [-0.25, -0.2) is 4.79 Å². The molecule has 0 saturated heterocycles. The molecule has 2 aromatic rings. The van der Waals surface area contributed by atoms with Gasteiger partial charge >= 0.3 is 5.97 Å². The second-order valence-corrected chi connectivity index (χ2v) is 4.50. The summed E-state index contributed by atoms with van der Waals surface area (Å²) in [7, 11) is 0. The van der Waals surface area contributed by atoms with Gasteiger partial charge in [-0.15, -0.1) is 0 Å². The fourth-order valence-corrected chi connectivity index (χ4v) is 1.99. The molecule has 0 saturated carbocycles. The van der Waals surface area contributed by atoms with Crippen molar-refractivity contribution in [1.29, 1.82) is 0 Å². The van der Waals surface area contributed by atoms with Gasteiger partial charge in [0.05, 0.1) is 6.61 Å². The summed E-state index contributed by atoms with van der Waals surface area (Å²) in [5.74, 6) is -0.474. The Bertz CT molecular complexity index is 614. The first kappa shape index (κ1) is 14.1. The lowest BCUT2D eigenvalue weighted by atomic mass is 10.2. The van der Waals surface area contributed by atoms with Crippen LogP contribution in [-0.2, 0) is 11.3 Å². The van der Waals surface area contributed by atoms with E-state index in [0.29, 0.717) is 24.4 Å². The molecule has 0 aliphatic carbocycles. The summed E-state index contributed by atoms with van der Waals surface area (Å²) >= 11 is 0. The third kappa shape index (κ3) is 3.15. The fourth-order valence-electron chi connectivity index (χ4n) is 1.99. The van der Waals surface area contributed by atoms with Gasteiger partial charge in [0.25, 0.3) is 0 Å². The molecule has 1 aromatic carbocycles. The predicted molar refractivity (Wildman–Crippen MR) is 75.9 cm³/mol. The van der Waals surface area contributed by atoms with Crippen LogP contribution in [0.25, 0.3) is 0 Å². The molecule has 0 aliphatic heterocycles. The van der Waals surface area contributed by atoms with Gasteiger partial charge in [0.15, 0.2) is 5.78 Å². The average molecular weight is 271 g/mol. The molecule has 1 aromatic heterocycles. The molecule has 20 heavy (non-hydrogen) atoms. The van der Waals surface area contributed by atoms with E-state index >= 15 is 0 Å². The summed E-state index contributed by atoms with van der Waals surface area (Å²) in [5.41, 5.74) is 1.98. The van der Waals surface area contributed by atoms with Crippen molar-refractivity contribution >= 4 is 11.8 Å². The van der Waals surface area contributed by atoms with E-state index in [-0.39, 0.29) is 5.78 Å². The SMILES string of the molecule is CCOC(=O)c1cc(C(C)=O)cn1Cc1ccccc1. The summed E-state index contributed by atoms with van der Waals surface area (Å²) in [6, 6.07) is 11.4. The summed E-state index contributed by atoms with van der Waals surface area (Å²) < 4.78 is 6.78. The van der Waals surface area contributed by atoms with E-state index < -0.39 is 5.97 Å². The zero-order valence-corrected chi connectivity index (χ0v) is 11.6. The number of hydrogen-bond donors (Lipinski definition) is 0. The number of rotatable bonds is 5. The van der Waals surface area contributed by atoms with Crippen molar-refractivity contribution in [2.75, 3.05) is 6.61 Å². The highest BCUT2D eigenvalue weighted by atomic mass is 16.5. The number of benzene rings is 1. The molecule has 4 nitrogen and oxygen atoms in total. The standard InChI is InChI=1S/C16H17NO3/c1-3-20-16(19)15-9-14(12(2)18)11-17(15)10-13-7-5-4-6-8-13/h4-9,11H,3,10H2,1-2H3. The third-order valence-electron chi connectivity index (χ3n) is 2.98. The summed E-state index contributed by atoms with van der Waals surface area (Å²) in [4.78, 5) is 23.4. The summed E-state index contributed by atoms with van der Waals surface area (Å²) in [5, 5.41) is 0. The second kappa shape index (κ2) is 6.19. The van der Waals surface area contributed by atoms with Crippen LogP contribution in [0.3, 0.4) is 0 Å². The number of carbonyl (C=O) groups is 2. The smallest absolute Gasteiger partial charge is 0.354 e. The van der Waals surface area contributed by atoms with Gasteiger partial charge in [-0.05, 0) is 25.5 Å². The van der Waals surface area contributed by atoms with E-state index in [1.54, 1.807) is 23.8 Å². The van der Waals surface area contributed by atoms with Crippen LogP contribution in [0.2, 0.25) is 0 Å². The lowest BCUT2D eigenvalue weighted by molar-refractivity contribution is 0.0514. The number of nitrogens with zero attached hydrogens (tertiary/aromatic N) is 1. The van der Waals surface area contributed by atoms with Gasteiger partial charge in [-0.3, -0.25) is 4.79 Å². The van der Waals surface area contributed by atoms with Crippen molar-refractivity contribution in [2.24, 2.45) is 0 Å². The van der Waals surface area contributed by atoms with Gasteiger partial charge < -0.3 is 9.30 Å². The number of esters is 1. The summed E-state index contributed by atoms with van der Waals surface area (Å²) in [6.45, 7) is 4.08. The minimum Gasteiger partial charge on any atom is -0.461 e. The average Bonchev–Trinajstić information content (AvgIpc) is 2.84. The molecule has 0 aliphatic rings. The van der Waals surface area contributed by atoms with Crippen molar-refractivity contribution in [3.63, 3.8) is 0 Å². The van der Waals surface area contributed by atoms with Gasteiger partial charge in [-0.1, -0.05) is 30.3 Å². The molecule has 0 N–H and O–H groups in total. The Balaban J connectivity index is 2.34. The molecule has 0 fully saturated rings. The molecule has 0 bridgehead atoms. The Morgan fingerprint density at radius 1 is 1.20 bits per heavy atom. The van der Waals surface area contributed by atoms with E-state index in [0.717, 1.165) is 5.56 Å². The number of aromatic nitrogens is 1. The van der Waals surface area contributed by atoms with E-state index in [2.05, 4.69) is 0 Å². The molecule has 4 heteroatoms. The predicted octanol–water partition coefficient (Wildman–Crippen LogP) is 2.92. The lowest BCUT2D eigenvalue weighted by Gasteiger charge is -2.08. The van der Waals surface area contributed by atoms with Crippen LogP contribution in [0.5, 0.6) is 0 Å². The number of ether oxygens (including phenoxy) is 1. The molecule has 0 radical (unpaired) electrons. The minimum atomic E-state index is -0.407.